The molecule has 49 heavy (non-hydrogen) atoms. The van der Waals surface area contributed by atoms with E-state index >= 15 is 0 Å². The predicted octanol–water partition coefficient (Wildman–Crippen LogP) is 6.19. The van der Waals surface area contributed by atoms with Gasteiger partial charge in [-0.15, -0.1) is 21.6 Å². The van der Waals surface area contributed by atoms with Crippen molar-refractivity contribution in [1.82, 2.24) is 20.2 Å². The van der Waals surface area contributed by atoms with Gasteiger partial charge < -0.3 is 34.6 Å². The van der Waals surface area contributed by atoms with E-state index < -0.39 is 29.9 Å². The number of alkyl halides is 2. The molecule has 269 valence electrons. The second kappa shape index (κ2) is 18.4. The zero-order valence-electron chi connectivity index (χ0n) is 28.6. The van der Waals surface area contributed by atoms with E-state index in [1.54, 1.807) is 26.8 Å². The van der Waals surface area contributed by atoms with Crippen molar-refractivity contribution in [1.29, 1.82) is 0 Å². The average molecular weight is 725 g/mol. The molecule has 2 aliphatic heterocycles. The number of fused-ring (bicyclic) bond motifs is 3. The number of amides is 2. The number of nitrogens with one attached hydrogen (secondary N) is 2. The summed E-state index contributed by atoms with van der Waals surface area (Å²) in [5.74, 6) is 0.394. The van der Waals surface area contributed by atoms with E-state index in [9.17, 15) is 28.0 Å². The molecule has 1 saturated heterocycles. The topological polar surface area (TPSA) is 151 Å². The Balaban J connectivity index is 0.000000329. The molecule has 1 radical (unpaired) electrons. The molecule has 0 spiro atoms. The van der Waals surface area contributed by atoms with Crippen LogP contribution in [0.4, 0.5) is 13.6 Å². The Morgan fingerprint density at radius 2 is 1.84 bits per heavy atom. The van der Waals surface area contributed by atoms with Crippen LogP contribution in [0.2, 0.25) is 0 Å². The Morgan fingerprint density at radius 1 is 1.16 bits per heavy atom. The average Bonchev–Trinajstić information content (AvgIpc) is 3.78. The minimum atomic E-state index is -3.72. The number of halogens is 2. The van der Waals surface area contributed by atoms with Crippen LogP contribution in [0.5, 0.6) is 11.5 Å². The van der Waals surface area contributed by atoms with Gasteiger partial charge in [0, 0.05) is 25.1 Å². The number of rotatable bonds is 10. The number of hydrogen-bond donors (Lipinski definition) is 3. The smallest absolute Gasteiger partial charge is 0.540 e. The molecule has 3 heterocycles. The van der Waals surface area contributed by atoms with Crippen molar-refractivity contribution in [3.8, 4) is 24.3 Å². The first-order valence-electron chi connectivity index (χ1n) is 16.6. The van der Waals surface area contributed by atoms with Gasteiger partial charge in [-0.1, -0.05) is 85.1 Å². The first-order chi connectivity index (χ1) is 22.7. The summed E-state index contributed by atoms with van der Waals surface area (Å²) in [5, 5.41) is 11.2. The maximum absolute atomic E-state index is 13.2. The van der Waals surface area contributed by atoms with Crippen molar-refractivity contribution in [2.24, 2.45) is 17.3 Å². The minimum absolute atomic E-state index is 0. The number of benzene rings is 1. The van der Waals surface area contributed by atoms with Crippen LogP contribution < -0.4 is 20.3 Å². The molecular weight excluding hydrogens is 677 g/mol. The normalized spacial score (nSPS) is 19.9. The Hall–Kier alpha value is -3.63. The fourth-order valence-electron chi connectivity index (χ4n) is 6.60. The summed E-state index contributed by atoms with van der Waals surface area (Å²) in [6.45, 7) is 7.82. The number of ether oxygens (including phenoxy) is 2. The largest absolute Gasteiger partial charge is 0.586 e. The summed E-state index contributed by atoms with van der Waals surface area (Å²) >= 11 is 0. The number of hydrogen-bond acceptors (Lipinski definition) is 7. The third-order valence-electron chi connectivity index (χ3n) is 9.14. The fourth-order valence-corrected chi connectivity index (χ4v) is 6.60. The van der Waals surface area contributed by atoms with Gasteiger partial charge in [0.15, 0.2) is 11.5 Å². The van der Waals surface area contributed by atoms with Crippen LogP contribution in [0, 0.1) is 30.1 Å². The van der Waals surface area contributed by atoms with E-state index in [1.807, 2.05) is 13.2 Å². The van der Waals surface area contributed by atoms with E-state index in [1.165, 1.54) is 49.5 Å². The maximum Gasteiger partial charge on any atom is 0.586 e. The Labute approximate surface area is 298 Å². The molecule has 3 aliphatic rings. The van der Waals surface area contributed by atoms with Crippen LogP contribution in [0.3, 0.4) is 0 Å². The Kier molecular flexibility index (Phi) is 15.6. The molecule has 3 atom stereocenters. The van der Waals surface area contributed by atoms with Crippen LogP contribution in [0.1, 0.15) is 97.6 Å². The quantitative estimate of drug-likeness (QED) is 0.149. The van der Waals surface area contributed by atoms with Crippen molar-refractivity contribution in [3.63, 3.8) is 0 Å². The molecule has 1 aromatic heterocycles. The molecule has 0 bridgehead atoms. The number of carbonyl (C=O) groups excluding carboxylic acids is 2. The van der Waals surface area contributed by atoms with Gasteiger partial charge >= 0.3 is 12.4 Å². The molecule has 2 aromatic rings. The van der Waals surface area contributed by atoms with Gasteiger partial charge in [0.2, 0.25) is 5.91 Å². The van der Waals surface area contributed by atoms with E-state index in [2.05, 4.69) is 37.6 Å². The van der Waals surface area contributed by atoms with Gasteiger partial charge in [-0.3, -0.25) is 9.59 Å². The monoisotopic (exact) mass is 724 g/mol. The van der Waals surface area contributed by atoms with Crippen molar-refractivity contribution in [3.05, 3.63) is 28.2 Å². The van der Waals surface area contributed by atoms with Crippen molar-refractivity contribution in [2.45, 2.75) is 117 Å². The van der Waals surface area contributed by atoms with Crippen LogP contribution in [-0.4, -0.2) is 63.2 Å². The summed E-state index contributed by atoms with van der Waals surface area (Å²) in [6.07, 6.45) is 17.0. The Bertz CT molecular complexity index is 1500. The second-order valence-corrected chi connectivity index (χ2v) is 13.5. The molecule has 1 saturated carbocycles. The second-order valence-electron chi connectivity index (χ2n) is 13.5. The molecule has 2 amide bonds. The van der Waals surface area contributed by atoms with Gasteiger partial charge in [0.05, 0.1) is 5.52 Å². The van der Waals surface area contributed by atoms with Crippen molar-refractivity contribution in [2.75, 3.05) is 6.54 Å². The molecular formula is C35H47F2N4O7V-. The number of aryl methyl sites for hydroxylation is 1. The number of aromatic amines is 1. The predicted molar refractivity (Wildman–Crippen MR) is 177 cm³/mol. The number of H-pyrrole nitrogens is 1. The van der Waals surface area contributed by atoms with Crippen molar-refractivity contribution >= 4 is 29.3 Å². The van der Waals surface area contributed by atoms with E-state index in [-0.39, 0.29) is 53.0 Å². The number of carboxylic acid groups (broad SMARTS) is 1. The van der Waals surface area contributed by atoms with Crippen LogP contribution in [0.25, 0.3) is 11.0 Å². The molecule has 11 nitrogen and oxygen atoms in total. The number of nitrogens with zero attached hydrogens (tertiary/aromatic N) is 2. The molecule has 5 rings (SSSR count). The molecule has 2 fully saturated rings. The number of unbranched alkanes of at least 4 members (excludes halogenated alkanes) is 2. The molecule has 14 heteroatoms. The first-order valence-corrected chi connectivity index (χ1v) is 16.6. The van der Waals surface area contributed by atoms with Crippen LogP contribution in [0.15, 0.2) is 16.9 Å². The third kappa shape index (κ3) is 10.9. The first kappa shape index (κ1) is 41.5. The molecule has 1 aromatic carbocycles. The number of likely N-dealkylation sites (tertiary alicyclic amines) is 1. The van der Waals surface area contributed by atoms with Gasteiger partial charge in [-0.05, 0) is 48.6 Å². The van der Waals surface area contributed by atoms with Gasteiger partial charge in [-0.25, -0.2) is 16.1 Å². The summed E-state index contributed by atoms with van der Waals surface area (Å²) in [5.41, 5.74) is 0.0810. The van der Waals surface area contributed by atoms with Gasteiger partial charge in [0.25, 0.3) is 5.56 Å². The number of carbonyl (C=O) groups is 2. The Morgan fingerprint density at radius 3 is 2.43 bits per heavy atom. The fraction of sp³-hybridized carbons (Fsp3) is 0.629. The molecule has 1 aliphatic carbocycles. The van der Waals surface area contributed by atoms with Gasteiger partial charge in [-0.2, -0.15) is 0 Å². The standard InChI is InChI=1S/C19H22F2N2O3.C14H23N2O4.C2H2.V/c20-19(21)25-15-11-10-13-16(17(15)26-19)23-18(24)14(22-13)9-3-1-2-6-12-7-4-5-8-12;1-5-9-6-7-16(10(9)8-17)12(18)11(14(2,3)4)15-13(19)20;1-2;/h10-12H,1-9H2,(H,23,24);9-11,15H,5-7H2,1-4H3,(H,19,20);1-2H;/q;-1;;/t;9-,10-,11-;;/m.1../s1. The van der Waals surface area contributed by atoms with E-state index in [0.717, 1.165) is 31.6 Å². The summed E-state index contributed by atoms with van der Waals surface area (Å²) in [6, 6.07) is 1.51. The maximum atomic E-state index is 13.2. The summed E-state index contributed by atoms with van der Waals surface area (Å²) < 4.78 is 35.4. The van der Waals surface area contributed by atoms with Crippen molar-refractivity contribution < 1.29 is 56.3 Å². The van der Waals surface area contributed by atoms with Crippen LogP contribution >= 0.6 is 0 Å². The SMILES string of the molecule is C#C.CC[C@@H]1CCN(C(=O)[C@@H](NC(=O)O)C(C)(C)C)[C@@H]1[C-]=O.O=c1[nH]c2c3c(ccc2nc1CCCCCC1CCCC1)OC(F)(F)O3.[V]. The molecule has 0 unspecified atom stereocenters. The van der Waals surface area contributed by atoms with Crippen LogP contribution in [-0.2, 0) is 34.6 Å². The number of terminal acetylenes is 1. The minimum Gasteiger partial charge on any atom is -0.540 e. The summed E-state index contributed by atoms with van der Waals surface area (Å²) in [4.78, 5) is 55.3. The van der Waals surface area contributed by atoms with E-state index in [0.29, 0.717) is 24.2 Å². The zero-order chi connectivity index (χ0) is 35.6. The summed E-state index contributed by atoms with van der Waals surface area (Å²) in [7, 11) is 0. The van der Waals surface area contributed by atoms with E-state index in [4.69, 9.17) is 5.11 Å². The number of aromatic nitrogens is 2. The molecule has 3 N–H and O–H groups in total. The zero-order valence-corrected chi connectivity index (χ0v) is 30.0. The third-order valence-corrected chi connectivity index (χ3v) is 9.14. The van der Waals surface area contributed by atoms with Gasteiger partial charge in [0.1, 0.15) is 17.3 Å².